The zero-order valence-electron chi connectivity index (χ0n) is 8.59. The van der Waals surface area contributed by atoms with Gasteiger partial charge in [-0.15, -0.1) is 11.8 Å². The summed E-state index contributed by atoms with van der Waals surface area (Å²) in [5.41, 5.74) is 0. The number of hydrogen-bond donors (Lipinski definition) is 1. The lowest BCUT2D eigenvalue weighted by atomic mass is 10.2. The zero-order valence-corrected chi connectivity index (χ0v) is 9.40. The standard InChI is InChI=1S/C11H16FNS/c1-9(7-13-2)8-14-11-5-3-10(12)4-6-11/h3-6,9,13H,7-8H2,1-2H3. The van der Waals surface area contributed by atoms with E-state index in [2.05, 4.69) is 12.2 Å². The van der Waals surface area contributed by atoms with Gasteiger partial charge < -0.3 is 5.32 Å². The van der Waals surface area contributed by atoms with Crippen LogP contribution in [0.25, 0.3) is 0 Å². The lowest BCUT2D eigenvalue weighted by Gasteiger charge is -2.09. The Morgan fingerprint density at radius 2 is 2.00 bits per heavy atom. The Labute approximate surface area is 89.1 Å². The topological polar surface area (TPSA) is 12.0 Å². The van der Waals surface area contributed by atoms with Gasteiger partial charge >= 0.3 is 0 Å². The van der Waals surface area contributed by atoms with Crippen molar-refractivity contribution in [2.45, 2.75) is 11.8 Å². The van der Waals surface area contributed by atoms with Gasteiger partial charge in [0.15, 0.2) is 0 Å². The number of halogens is 1. The van der Waals surface area contributed by atoms with Crippen LogP contribution in [-0.4, -0.2) is 19.3 Å². The van der Waals surface area contributed by atoms with Crippen LogP contribution in [0.1, 0.15) is 6.92 Å². The first-order valence-electron chi connectivity index (χ1n) is 4.75. The van der Waals surface area contributed by atoms with Crippen molar-refractivity contribution < 1.29 is 4.39 Å². The van der Waals surface area contributed by atoms with Gasteiger partial charge in [0.25, 0.3) is 0 Å². The molecule has 0 amide bonds. The van der Waals surface area contributed by atoms with Crippen LogP contribution < -0.4 is 5.32 Å². The Bertz CT molecular complexity index is 260. The summed E-state index contributed by atoms with van der Waals surface area (Å²) in [4.78, 5) is 1.13. The lowest BCUT2D eigenvalue weighted by molar-refractivity contribution is 0.603. The molecule has 1 atom stereocenters. The second kappa shape index (κ2) is 6.04. The van der Waals surface area contributed by atoms with E-state index in [1.54, 1.807) is 11.8 Å². The zero-order chi connectivity index (χ0) is 10.4. The van der Waals surface area contributed by atoms with E-state index in [0.717, 1.165) is 17.2 Å². The maximum absolute atomic E-state index is 12.6. The SMILES string of the molecule is CNCC(C)CSc1ccc(F)cc1. The molecule has 0 aliphatic heterocycles. The molecule has 1 unspecified atom stereocenters. The Kier molecular flexibility index (Phi) is 4.98. The third-order valence-corrected chi connectivity index (χ3v) is 3.24. The molecule has 0 radical (unpaired) electrons. The van der Waals surface area contributed by atoms with Crippen molar-refractivity contribution in [3.05, 3.63) is 30.1 Å². The molecule has 0 saturated heterocycles. The maximum atomic E-state index is 12.6. The van der Waals surface area contributed by atoms with Crippen LogP contribution in [0.5, 0.6) is 0 Å². The molecule has 0 fully saturated rings. The molecular weight excluding hydrogens is 197 g/mol. The van der Waals surface area contributed by atoms with Gasteiger partial charge in [-0.3, -0.25) is 0 Å². The van der Waals surface area contributed by atoms with Gasteiger partial charge in [0.1, 0.15) is 5.82 Å². The first-order valence-corrected chi connectivity index (χ1v) is 5.74. The Hall–Kier alpha value is -0.540. The van der Waals surface area contributed by atoms with Crippen LogP contribution >= 0.6 is 11.8 Å². The van der Waals surface area contributed by atoms with E-state index < -0.39 is 0 Å². The second-order valence-electron chi connectivity index (χ2n) is 3.43. The predicted octanol–water partition coefficient (Wildman–Crippen LogP) is 2.77. The minimum absolute atomic E-state index is 0.169. The Balaban J connectivity index is 2.34. The largest absolute Gasteiger partial charge is 0.319 e. The van der Waals surface area contributed by atoms with Crippen molar-refractivity contribution in [2.24, 2.45) is 5.92 Å². The van der Waals surface area contributed by atoms with Crippen molar-refractivity contribution in [1.82, 2.24) is 5.32 Å². The average molecular weight is 213 g/mol. The highest BCUT2D eigenvalue weighted by molar-refractivity contribution is 7.99. The number of thioether (sulfide) groups is 1. The van der Waals surface area contributed by atoms with E-state index in [-0.39, 0.29) is 5.82 Å². The second-order valence-corrected chi connectivity index (χ2v) is 4.52. The van der Waals surface area contributed by atoms with Crippen molar-refractivity contribution in [2.75, 3.05) is 19.3 Å². The highest BCUT2D eigenvalue weighted by atomic mass is 32.2. The summed E-state index contributed by atoms with van der Waals surface area (Å²) in [5, 5.41) is 3.14. The van der Waals surface area contributed by atoms with Crippen LogP contribution in [0.15, 0.2) is 29.2 Å². The summed E-state index contributed by atoms with van der Waals surface area (Å²) in [7, 11) is 1.96. The van der Waals surface area contributed by atoms with Crippen molar-refractivity contribution in [1.29, 1.82) is 0 Å². The third-order valence-electron chi connectivity index (χ3n) is 1.90. The highest BCUT2D eigenvalue weighted by Crippen LogP contribution is 2.20. The summed E-state index contributed by atoms with van der Waals surface area (Å²) >= 11 is 1.77. The normalized spacial score (nSPS) is 12.8. The van der Waals surface area contributed by atoms with Crippen molar-refractivity contribution in [3.8, 4) is 0 Å². The number of benzene rings is 1. The van der Waals surface area contributed by atoms with Crippen LogP contribution in [0.2, 0.25) is 0 Å². The molecule has 0 aromatic heterocycles. The monoisotopic (exact) mass is 213 g/mol. The van der Waals surface area contributed by atoms with Crippen LogP contribution in [0.3, 0.4) is 0 Å². The Morgan fingerprint density at radius 3 is 2.57 bits per heavy atom. The molecular formula is C11H16FNS. The molecule has 0 spiro atoms. The van der Waals surface area contributed by atoms with E-state index in [4.69, 9.17) is 0 Å². The van der Waals surface area contributed by atoms with Gasteiger partial charge in [0.2, 0.25) is 0 Å². The quantitative estimate of drug-likeness (QED) is 0.755. The van der Waals surface area contributed by atoms with Gasteiger partial charge in [-0.1, -0.05) is 6.92 Å². The van der Waals surface area contributed by atoms with E-state index in [1.807, 2.05) is 19.2 Å². The summed E-state index contributed by atoms with van der Waals surface area (Å²) < 4.78 is 12.6. The van der Waals surface area contributed by atoms with Crippen LogP contribution in [0.4, 0.5) is 4.39 Å². The van der Waals surface area contributed by atoms with E-state index >= 15 is 0 Å². The first kappa shape index (κ1) is 11.5. The molecule has 0 aliphatic carbocycles. The Morgan fingerprint density at radius 1 is 1.36 bits per heavy atom. The fourth-order valence-corrected chi connectivity index (χ4v) is 2.10. The van der Waals surface area contributed by atoms with Gasteiger partial charge in [-0.05, 0) is 43.8 Å². The molecule has 1 nitrogen and oxygen atoms in total. The molecule has 1 aromatic rings. The average Bonchev–Trinajstić information content (AvgIpc) is 2.17. The molecule has 0 bridgehead atoms. The highest BCUT2D eigenvalue weighted by Gasteiger charge is 2.01. The summed E-state index contributed by atoms with van der Waals surface area (Å²) in [6.45, 7) is 3.22. The van der Waals surface area contributed by atoms with Crippen molar-refractivity contribution >= 4 is 11.8 Å². The smallest absolute Gasteiger partial charge is 0.123 e. The summed E-state index contributed by atoms with van der Waals surface area (Å²) in [6, 6.07) is 6.66. The maximum Gasteiger partial charge on any atom is 0.123 e. The van der Waals surface area contributed by atoms with Gasteiger partial charge in [-0.2, -0.15) is 0 Å². The number of hydrogen-bond acceptors (Lipinski definition) is 2. The lowest BCUT2D eigenvalue weighted by Crippen LogP contribution is -2.17. The van der Waals surface area contributed by atoms with E-state index in [0.29, 0.717) is 5.92 Å². The molecule has 1 N–H and O–H groups in total. The molecule has 3 heteroatoms. The molecule has 0 aliphatic rings. The van der Waals surface area contributed by atoms with Crippen molar-refractivity contribution in [3.63, 3.8) is 0 Å². The molecule has 1 rings (SSSR count). The van der Waals surface area contributed by atoms with Crippen LogP contribution in [-0.2, 0) is 0 Å². The van der Waals surface area contributed by atoms with Crippen LogP contribution in [0, 0.1) is 11.7 Å². The third kappa shape index (κ3) is 4.11. The number of rotatable bonds is 5. The minimum Gasteiger partial charge on any atom is -0.319 e. The van der Waals surface area contributed by atoms with Gasteiger partial charge in [-0.25, -0.2) is 4.39 Å². The molecule has 14 heavy (non-hydrogen) atoms. The fraction of sp³-hybridized carbons (Fsp3) is 0.455. The number of nitrogens with one attached hydrogen (secondary N) is 1. The van der Waals surface area contributed by atoms with Gasteiger partial charge in [0.05, 0.1) is 0 Å². The predicted molar refractivity (Wildman–Crippen MR) is 60.2 cm³/mol. The van der Waals surface area contributed by atoms with E-state index in [1.165, 1.54) is 12.1 Å². The summed E-state index contributed by atoms with van der Waals surface area (Å²) in [5.74, 6) is 1.53. The summed E-state index contributed by atoms with van der Waals surface area (Å²) in [6.07, 6.45) is 0. The molecule has 78 valence electrons. The minimum atomic E-state index is -0.169. The fourth-order valence-electron chi connectivity index (χ4n) is 1.18. The van der Waals surface area contributed by atoms with E-state index in [9.17, 15) is 4.39 Å². The molecule has 1 aromatic carbocycles. The first-order chi connectivity index (χ1) is 6.72. The molecule has 0 heterocycles. The molecule has 0 saturated carbocycles. The van der Waals surface area contributed by atoms with Gasteiger partial charge in [0, 0.05) is 10.6 Å².